The van der Waals surface area contributed by atoms with E-state index in [0.29, 0.717) is 0 Å². The van der Waals surface area contributed by atoms with Crippen LogP contribution < -0.4 is 5.23 Å². The van der Waals surface area contributed by atoms with Crippen molar-refractivity contribution in [1.29, 1.82) is 0 Å². The molecular formula is C19H34BN5O12. The summed E-state index contributed by atoms with van der Waals surface area (Å²) in [5.74, 6) is -6.55. The van der Waals surface area contributed by atoms with Crippen molar-refractivity contribution in [2.45, 2.75) is 0 Å². The molecule has 0 aromatic heterocycles. The average molecular weight is 535 g/mol. The van der Waals surface area contributed by atoms with Gasteiger partial charge in [0.15, 0.2) is 0 Å². The third-order valence-electron chi connectivity index (χ3n) is 4.77. The van der Waals surface area contributed by atoms with Crippen molar-refractivity contribution in [1.82, 2.24) is 24.8 Å². The molecule has 0 saturated heterocycles. The molecule has 0 aromatic rings. The van der Waals surface area contributed by atoms with Crippen LogP contribution in [0, 0.1) is 0 Å². The Kier molecular flexibility index (Phi) is 17.2. The molecule has 18 heteroatoms. The minimum absolute atomic E-state index is 0.00141. The van der Waals surface area contributed by atoms with Crippen molar-refractivity contribution in [2.75, 3.05) is 85.6 Å². The van der Waals surface area contributed by atoms with E-state index in [1.165, 1.54) is 21.8 Å². The first-order chi connectivity index (χ1) is 17.3. The molecule has 37 heavy (non-hydrogen) atoms. The summed E-state index contributed by atoms with van der Waals surface area (Å²) >= 11 is 0. The van der Waals surface area contributed by atoms with E-state index >= 15 is 0 Å². The fraction of sp³-hybridized carbons (Fsp3) is 0.684. The Labute approximate surface area is 213 Å². The molecule has 0 spiro atoms. The van der Waals surface area contributed by atoms with Crippen molar-refractivity contribution in [3.63, 3.8) is 0 Å². The van der Waals surface area contributed by atoms with Crippen LogP contribution in [0.4, 0.5) is 0 Å². The van der Waals surface area contributed by atoms with Gasteiger partial charge in [-0.2, -0.15) is 0 Å². The topological polar surface area (TPSA) is 238 Å². The van der Waals surface area contributed by atoms with Crippen LogP contribution in [0.5, 0.6) is 0 Å². The standard InChI is InChI=1S/C19H34BN5O12/c1-37-20-21-14(26)8-24(11-17(31)32)6-4-22(9-15(27)28)2-3-23(10-16(29)30)5-7-25(12-18(33)34)13-19(35)36/h20H,2-13H2,1H3,(H,21,26)(H,27,28)(H,29,30)(H,31,32)(H,33,34)(H,35,36). The number of hydrogen-bond donors (Lipinski definition) is 6. The minimum Gasteiger partial charge on any atom is -0.480 e. The lowest BCUT2D eigenvalue weighted by atomic mass is 10.2. The monoisotopic (exact) mass is 535 g/mol. The summed E-state index contributed by atoms with van der Waals surface area (Å²) in [6.45, 7) is -2.68. The predicted molar refractivity (Wildman–Crippen MR) is 126 cm³/mol. The highest BCUT2D eigenvalue weighted by molar-refractivity contribution is 6.29. The van der Waals surface area contributed by atoms with E-state index in [9.17, 15) is 39.0 Å². The van der Waals surface area contributed by atoms with E-state index in [4.69, 9.17) is 20.0 Å². The summed E-state index contributed by atoms with van der Waals surface area (Å²) < 4.78 is 4.72. The number of amides is 1. The summed E-state index contributed by atoms with van der Waals surface area (Å²) in [4.78, 5) is 72.9. The lowest BCUT2D eigenvalue weighted by Crippen LogP contribution is -2.47. The summed E-state index contributed by atoms with van der Waals surface area (Å²) in [6, 6.07) is 0. The Bertz CT molecular complexity index is 771. The normalized spacial score (nSPS) is 11.2. The van der Waals surface area contributed by atoms with Crippen LogP contribution in [0.15, 0.2) is 0 Å². The van der Waals surface area contributed by atoms with Crippen LogP contribution in [0.2, 0.25) is 0 Å². The zero-order valence-corrected chi connectivity index (χ0v) is 20.6. The maximum absolute atomic E-state index is 11.9. The van der Waals surface area contributed by atoms with Crippen molar-refractivity contribution in [3.8, 4) is 0 Å². The molecule has 0 heterocycles. The second-order valence-electron chi connectivity index (χ2n) is 7.98. The third-order valence-corrected chi connectivity index (χ3v) is 4.77. The summed E-state index contributed by atoms with van der Waals surface area (Å²) in [5.41, 5.74) is 0. The summed E-state index contributed by atoms with van der Waals surface area (Å²) in [7, 11) is 1.29. The molecule has 0 fully saturated rings. The quantitative estimate of drug-likeness (QED) is 0.0678. The maximum Gasteiger partial charge on any atom is 0.396 e. The van der Waals surface area contributed by atoms with Gasteiger partial charge in [0, 0.05) is 46.4 Å². The van der Waals surface area contributed by atoms with Crippen molar-refractivity contribution in [3.05, 3.63) is 0 Å². The molecular weight excluding hydrogens is 501 g/mol. The predicted octanol–water partition coefficient (Wildman–Crippen LogP) is -4.35. The highest BCUT2D eigenvalue weighted by atomic mass is 16.4. The molecule has 0 aliphatic carbocycles. The highest BCUT2D eigenvalue weighted by Crippen LogP contribution is 1.99. The average Bonchev–Trinajstić information content (AvgIpc) is 2.75. The summed E-state index contributed by atoms with van der Waals surface area (Å²) in [6.07, 6.45) is 0. The van der Waals surface area contributed by atoms with Crippen molar-refractivity contribution in [2.24, 2.45) is 0 Å². The van der Waals surface area contributed by atoms with Crippen LogP contribution in [0.1, 0.15) is 0 Å². The van der Waals surface area contributed by atoms with Crippen molar-refractivity contribution >= 4 is 43.4 Å². The van der Waals surface area contributed by atoms with Gasteiger partial charge in [0.25, 0.3) is 0 Å². The molecule has 0 atom stereocenters. The third kappa shape index (κ3) is 19.5. The van der Waals surface area contributed by atoms with E-state index < -0.39 is 68.5 Å². The number of aliphatic carboxylic acids is 5. The van der Waals surface area contributed by atoms with Crippen LogP contribution in [0.3, 0.4) is 0 Å². The Hall–Kier alpha value is -3.32. The second-order valence-corrected chi connectivity index (χ2v) is 7.98. The maximum atomic E-state index is 11.9. The zero-order chi connectivity index (χ0) is 28.4. The van der Waals surface area contributed by atoms with E-state index in [1.807, 2.05) is 0 Å². The number of carbonyl (C=O) groups is 6. The number of carboxylic acids is 5. The first-order valence-corrected chi connectivity index (χ1v) is 11.1. The smallest absolute Gasteiger partial charge is 0.396 e. The largest absolute Gasteiger partial charge is 0.480 e. The van der Waals surface area contributed by atoms with Crippen LogP contribution >= 0.6 is 0 Å². The van der Waals surface area contributed by atoms with Gasteiger partial charge in [-0.05, 0) is 0 Å². The lowest BCUT2D eigenvalue weighted by molar-refractivity contribution is -0.143. The highest BCUT2D eigenvalue weighted by Gasteiger charge is 2.20. The van der Waals surface area contributed by atoms with Crippen LogP contribution in [-0.2, 0) is 33.4 Å². The molecule has 6 N–H and O–H groups in total. The number of hydrogen-bond acceptors (Lipinski definition) is 11. The first kappa shape index (κ1) is 33.7. The number of rotatable bonds is 23. The Morgan fingerprint density at radius 1 is 0.541 bits per heavy atom. The summed E-state index contributed by atoms with van der Waals surface area (Å²) in [5, 5.41) is 47.9. The van der Waals surface area contributed by atoms with Gasteiger partial charge >= 0.3 is 37.5 Å². The van der Waals surface area contributed by atoms with Gasteiger partial charge in [-0.25, -0.2) is 0 Å². The zero-order valence-electron chi connectivity index (χ0n) is 20.6. The fourth-order valence-electron chi connectivity index (χ4n) is 3.18. The molecule has 0 aliphatic rings. The molecule has 0 radical (unpaired) electrons. The van der Waals surface area contributed by atoms with E-state index in [1.54, 1.807) is 0 Å². The molecule has 0 unspecified atom stereocenters. The van der Waals surface area contributed by atoms with E-state index in [0.717, 1.165) is 4.90 Å². The molecule has 17 nitrogen and oxygen atoms in total. The minimum atomic E-state index is -1.25. The van der Waals surface area contributed by atoms with Gasteiger partial charge in [0.05, 0.1) is 39.3 Å². The lowest BCUT2D eigenvalue weighted by Gasteiger charge is -2.29. The van der Waals surface area contributed by atoms with E-state index in [2.05, 4.69) is 5.23 Å². The number of carboxylic acid groups (broad SMARTS) is 5. The van der Waals surface area contributed by atoms with Gasteiger partial charge < -0.3 is 35.4 Å². The molecule has 0 saturated carbocycles. The number of nitrogens with zero attached hydrogens (tertiary/aromatic N) is 4. The molecule has 0 aliphatic heterocycles. The fourth-order valence-corrected chi connectivity index (χ4v) is 3.18. The van der Waals surface area contributed by atoms with Gasteiger partial charge in [0.1, 0.15) is 0 Å². The Balaban J connectivity index is 5.20. The molecule has 0 aromatic carbocycles. The molecule has 210 valence electrons. The van der Waals surface area contributed by atoms with Gasteiger partial charge in [-0.15, -0.1) is 0 Å². The Morgan fingerprint density at radius 3 is 1.11 bits per heavy atom. The SMILES string of the molecule is COBNC(=O)CN(CCN(CCN(CCN(CC(=O)O)CC(=O)O)CC(=O)O)CC(=O)O)CC(=O)O. The van der Waals surface area contributed by atoms with Crippen molar-refractivity contribution < 1.29 is 59.0 Å². The number of nitrogens with one attached hydrogen (secondary N) is 1. The first-order valence-electron chi connectivity index (χ1n) is 11.1. The second kappa shape index (κ2) is 18.9. The molecule has 1 amide bonds. The van der Waals surface area contributed by atoms with Crippen LogP contribution in [0.25, 0.3) is 0 Å². The molecule has 0 rings (SSSR count). The van der Waals surface area contributed by atoms with E-state index in [-0.39, 0.29) is 53.4 Å². The Morgan fingerprint density at radius 2 is 0.811 bits per heavy atom. The van der Waals surface area contributed by atoms with Gasteiger partial charge in [-0.3, -0.25) is 48.4 Å². The van der Waals surface area contributed by atoms with Gasteiger partial charge in [-0.1, -0.05) is 0 Å². The number of carbonyl (C=O) groups excluding carboxylic acids is 1. The van der Waals surface area contributed by atoms with Crippen LogP contribution in [-0.4, -0.2) is 174 Å². The molecule has 0 bridgehead atoms. The van der Waals surface area contributed by atoms with Gasteiger partial charge in [0.2, 0.25) is 5.91 Å².